The van der Waals surface area contributed by atoms with Gasteiger partial charge in [-0.3, -0.25) is 0 Å². The number of carboxylic acid groups (broad SMARTS) is 1. The summed E-state index contributed by atoms with van der Waals surface area (Å²) in [6.45, 7) is 2.28. The third-order valence-corrected chi connectivity index (χ3v) is 2.90. The normalized spacial score (nSPS) is 10.7. The molecule has 0 unspecified atom stereocenters. The first-order valence-electron chi connectivity index (χ1n) is 6.47. The average molecular weight is 284 g/mol. The summed E-state index contributed by atoms with van der Waals surface area (Å²) in [6, 6.07) is 12.3. The van der Waals surface area contributed by atoms with Gasteiger partial charge in [0.2, 0.25) is 0 Å². The molecular formula is C17H16O4. The van der Waals surface area contributed by atoms with Crippen molar-refractivity contribution < 1.29 is 19.7 Å². The molecule has 0 amide bonds. The first-order chi connectivity index (χ1) is 10.0. The molecule has 0 bridgehead atoms. The molecule has 2 aromatic rings. The quantitative estimate of drug-likeness (QED) is 0.826. The molecule has 108 valence electrons. The van der Waals surface area contributed by atoms with Crippen LogP contribution in [0.1, 0.15) is 16.7 Å². The number of hydrogen-bond acceptors (Lipinski definition) is 3. The second-order valence-electron chi connectivity index (χ2n) is 4.67. The number of ether oxygens (including phenoxy) is 1. The number of phenols is 1. The molecule has 2 N–H and O–H groups in total. The second kappa shape index (κ2) is 6.61. The van der Waals surface area contributed by atoms with Gasteiger partial charge in [0.05, 0.1) is 0 Å². The summed E-state index contributed by atoms with van der Waals surface area (Å²) in [7, 11) is 0. The van der Waals surface area contributed by atoms with Gasteiger partial charge in [-0.25, -0.2) is 4.79 Å². The lowest BCUT2D eigenvalue weighted by Crippen LogP contribution is -1.97. The number of hydrogen-bond donors (Lipinski definition) is 2. The summed E-state index contributed by atoms with van der Waals surface area (Å²) in [5.41, 5.74) is 2.66. The van der Waals surface area contributed by atoms with E-state index in [-0.39, 0.29) is 5.75 Å². The maximum absolute atomic E-state index is 10.6. The van der Waals surface area contributed by atoms with E-state index in [2.05, 4.69) is 0 Å². The van der Waals surface area contributed by atoms with Gasteiger partial charge in [-0.05, 0) is 42.8 Å². The zero-order valence-corrected chi connectivity index (χ0v) is 11.6. The number of aryl methyl sites for hydroxylation is 1. The van der Waals surface area contributed by atoms with Crippen LogP contribution in [0.4, 0.5) is 0 Å². The van der Waals surface area contributed by atoms with E-state index in [1.54, 1.807) is 24.3 Å². The Bertz CT molecular complexity index is 657. The molecule has 0 fully saturated rings. The van der Waals surface area contributed by atoms with Crippen LogP contribution < -0.4 is 4.74 Å². The molecule has 21 heavy (non-hydrogen) atoms. The van der Waals surface area contributed by atoms with Gasteiger partial charge in [0.1, 0.15) is 18.1 Å². The molecule has 0 radical (unpaired) electrons. The van der Waals surface area contributed by atoms with Gasteiger partial charge in [0.15, 0.2) is 0 Å². The van der Waals surface area contributed by atoms with Gasteiger partial charge in [-0.2, -0.15) is 0 Å². The van der Waals surface area contributed by atoms with Crippen LogP contribution >= 0.6 is 0 Å². The third kappa shape index (κ3) is 4.38. The number of aromatic hydroxyl groups is 1. The maximum Gasteiger partial charge on any atom is 0.328 e. The summed E-state index contributed by atoms with van der Waals surface area (Å²) in [5, 5.41) is 18.0. The highest BCUT2D eigenvalue weighted by Gasteiger charge is 2.03. The molecule has 0 aliphatic rings. The van der Waals surface area contributed by atoms with E-state index < -0.39 is 5.97 Å². The molecule has 2 aromatic carbocycles. The number of phenolic OH excluding ortho intramolecular Hbond substituents is 1. The minimum absolute atomic E-state index is 0.208. The van der Waals surface area contributed by atoms with Crippen molar-refractivity contribution in [2.45, 2.75) is 13.5 Å². The summed E-state index contributed by atoms with van der Waals surface area (Å²) < 4.78 is 5.72. The first kappa shape index (κ1) is 14.7. The Morgan fingerprint density at radius 1 is 1.19 bits per heavy atom. The van der Waals surface area contributed by atoms with E-state index in [0.717, 1.165) is 22.8 Å². The summed E-state index contributed by atoms with van der Waals surface area (Å²) in [6.07, 6.45) is 2.60. The summed E-state index contributed by atoms with van der Waals surface area (Å²) in [4.78, 5) is 10.6. The fraction of sp³-hybridized carbons (Fsp3) is 0.118. The Balaban J connectivity index is 2.15. The van der Waals surface area contributed by atoms with Crippen molar-refractivity contribution in [3.8, 4) is 11.5 Å². The molecule has 4 heteroatoms. The Morgan fingerprint density at radius 3 is 2.57 bits per heavy atom. The van der Waals surface area contributed by atoms with Gasteiger partial charge in [0.25, 0.3) is 0 Å². The van der Waals surface area contributed by atoms with Crippen LogP contribution in [0.15, 0.2) is 48.5 Å². The van der Waals surface area contributed by atoms with Gasteiger partial charge in [-0.15, -0.1) is 0 Å². The lowest BCUT2D eigenvalue weighted by atomic mass is 10.1. The molecule has 0 aromatic heterocycles. The Kier molecular flexibility index (Phi) is 4.61. The standard InChI is InChI=1S/C17H16O4/c1-12-2-8-16(14(10-12)5-9-17(19)20)21-11-13-3-6-15(18)7-4-13/h2-10,18H,11H2,1H3,(H,19,20)/b9-5+. The number of rotatable bonds is 5. The molecule has 0 aliphatic carbocycles. The van der Waals surface area contributed by atoms with E-state index in [0.29, 0.717) is 12.4 Å². The minimum Gasteiger partial charge on any atom is -0.508 e. The monoisotopic (exact) mass is 284 g/mol. The highest BCUT2D eigenvalue weighted by atomic mass is 16.5. The number of carbonyl (C=O) groups is 1. The zero-order valence-electron chi connectivity index (χ0n) is 11.6. The molecule has 0 saturated heterocycles. The number of benzene rings is 2. The molecule has 0 spiro atoms. The number of aliphatic carboxylic acids is 1. The van der Waals surface area contributed by atoms with Crippen molar-refractivity contribution in [2.24, 2.45) is 0 Å². The minimum atomic E-state index is -0.999. The molecule has 0 saturated carbocycles. The smallest absolute Gasteiger partial charge is 0.328 e. The van der Waals surface area contributed by atoms with Crippen LogP contribution in [0.2, 0.25) is 0 Å². The molecule has 0 aliphatic heterocycles. The second-order valence-corrected chi connectivity index (χ2v) is 4.67. The van der Waals surface area contributed by atoms with Crippen LogP contribution in [0.25, 0.3) is 6.08 Å². The molecule has 4 nitrogen and oxygen atoms in total. The van der Waals surface area contributed by atoms with E-state index in [1.807, 2.05) is 25.1 Å². The van der Waals surface area contributed by atoms with Gasteiger partial charge in [-0.1, -0.05) is 23.8 Å². The van der Waals surface area contributed by atoms with Crippen molar-refractivity contribution in [1.29, 1.82) is 0 Å². The van der Waals surface area contributed by atoms with E-state index >= 15 is 0 Å². The van der Waals surface area contributed by atoms with Gasteiger partial charge >= 0.3 is 5.97 Å². The zero-order chi connectivity index (χ0) is 15.2. The van der Waals surface area contributed by atoms with Crippen LogP contribution in [0, 0.1) is 6.92 Å². The van der Waals surface area contributed by atoms with Crippen molar-refractivity contribution in [1.82, 2.24) is 0 Å². The van der Waals surface area contributed by atoms with Crippen LogP contribution in [-0.4, -0.2) is 16.2 Å². The topological polar surface area (TPSA) is 66.8 Å². The van der Waals surface area contributed by atoms with Crippen molar-refractivity contribution >= 4 is 12.0 Å². The van der Waals surface area contributed by atoms with Crippen LogP contribution in [0.5, 0.6) is 11.5 Å². The molecule has 2 rings (SSSR count). The molecule has 0 atom stereocenters. The Labute approximate surface area is 122 Å². The van der Waals surface area contributed by atoms with Crippen molar-refractivity contribution in [3.63, 3.8) is 0 Å². The largest absolute Gasteiger partial charge is 0.508 e. The summed E-state index contributed by atoms with van der Waals surface area (Å²) in [5.74, 6) is -0.175. The lowest BCUT2D eigenvalue weighted by molar-refractivity contribution is -0.131. The maximum atomic E-state index is 10.6. The van der Waals surface area contributed by atoms with Crippen LogP contribution in [0.3, 0.4) is 0 Å². The average Bonchev–Trinajstić information content (AvgIpc) is 2.45. The highest BCUT2D eigenvalue weighted by molar-refractivity contribution is 5.85. The van der Waals surface area contributed by atoms with Crippen molar-refractivity contribution in [3.05, 3.63) is 65.2 Å². The summed E-state index contributed by atoms with van der Waals surface area (Å²) >= 11 is 0. The Hall–Kier alpha value is -2.75. The first-order valence-corrected chi connectivity index (χ1v) is 6.47. The molecular weight excluding hydrogens is 268 g/mol. The van der Waals surface area contributed by atoms with E-state index in [1.165, 1.54) is 6.08 Å². The third-order valence-electron chi connectivity index (χ3n) is 2.90. The van der Waals surface area contributed by atoms with Gasteiger partial charge in [0, 0.05) is 11.6 Å². The molecule has 0 heterocycles. The predicted molar refractivity (Wildman–Crippen MR) is 80.3 cm³/mol. The van der Waals surface area contributed by atoms with Gasteiger partial charge < -0.3 is 14.9 Å². The van der Waals surface area contributed by atoms with E-state index in [4.69, 9.17) is 9.84 Å². The fourth-order valence-electron chi connectivity index (χ4n) is 1.84. The SMILES string of the molecule is Cc1ccc(OCc2ccc(O)cc2)c(/C=C/C(=O)O)c1. The lowest BCUT2D eigenvalue weighted by Gasteiger charge is -2.10. The van der Waals surface area contributed by atoms with Crippen molar-refractivity contribution in [2.75, 3.05) is 0 Å². The Morgan fingerprint density at radius 2 is 1.90 bits per heavy atom. The highest BCUT2D eigenvalue weighted by Crippen LogP contribution is 2.23. The van der Waals surface area contributed by atoms with E-state index in [9.17, 15) is 9.90 Å². The number of carboxylic acids is 1. The van der Waals surface area contributed by atoms with Crippen LogP contribution in [-0.2, 0) is 11.4 Å². The predicted octanol–water partition coefficient (Wildman–Crippen LogP) is 3.38. The fourth-order valence-corrected chi connectivity index (χ4v) is 1.84.